The number of benzene rings is 1. The number of carbonyl (C=O) groups is 2. The highest BCUT2D eigenvalue weighted by molar-refractivity contribution is 6.06. The summed E-state index contributed by atoms with van der Waals surface area (Å²) in [4.78, 5) is 32.0. The molecule has 0 radical (unpaired) electrons. The zero-order chi connectivity index (χ0) is 25.1. The van der Waals surface area contributed by atoms with E-state index in [4.69, 9.17) is 4.98 Å². The molecule has 2 aliphatic heterocycles. The normalized spacial score (nSPS) is 18.5. The maximum Gasteiger partial charge on any atom is 0.326 e. The maximum atomic E-state index is 12.9. The molecule has 1 fully saturated rings. The zero-order valence-corrected chi connectivity index (χ0v) is 20.7. The second kappa shape index (κ2) is 10.7. The number of nitrogens with zero attached hydrogens (tertiary/aromatic N) is 4. The van der Waals surface area contributed by atoms with Crippen LogP contribution in [-0.4, -0.2) is 68.9 Å². The lowest BCUT2D eigenvalue weighted by Gasteiger charge is -2.20. The lowest BCUT2D eigenvalue weighted by molar-refractivity contribution is -0.139. The van der Waals surface area contributed by atoms with Crippen molar-refractivity contribution in [3.63, 3.8) is 0 Å². The number of hydrogen-bond acceptors (Lipinski definition) is 6. The van der Waals surface area contributed by atoms with Crippen LogP contribution >= 0.6 is 0 Å². The van der Waals surface area contributed by atoms with Crippen LogP contribution in [0.3, 0.4) is 0 Å². The first-order valence-corrected chi connectivity index (χ1v) is 12.9. The summed E-state index contributed by atoms with van der Waals surface area (Å²) in [6.45, 7) is 3.55. The summed E-state index contributed by atoms with van der Waals surface area (Å²) in [6, 6.07) is 8.81. The topological polar surface area (TPSA) is 112 Å². The number of aliphatic carboxylic acids is 1. The van der Waals surface area contributed by atoms with E-state index in [1.807, 2.05) is 6.07 Å². The van der Waals surface area contributed by atoms with E-state index in [1.54, 1.807) is 30.1 Å². The molecule has 9 heteroatoms. The van der Waals surface area contributed by atoms with Crippen LogP contribution in [0.15, 0.2) is 36.5 Å². The quantitative estimate of drug-likeness (QED) is 0.423. The molecule has 3 aromatic rings. The number of nitrogens with one attached hydrogen (secondary N) is 2. The third-order valence-corrected chi connectivity index (χ3v) is 7.47. The Hall–Kier alpha value is -3.46. The summed E-state index contributed by atoms with van der Waals surface area (Å²) < 4.78 is 1.64. The van der Waals surface area contributed by atoms with Crippen LogP contribution in [-0.2, 0) is 24.7 Å². The molecule has 0 unspecified atom stereocenters. The molecule has 1 aromatic carbocycles. The van der Waals surface area contributed by atoms with Crippen LogP contribution in [0.1, 0.15) is 47.3 Å². The van der Waals surface area contributed by atoms with Gasteiger partial charge >= 0.3 is 5.97 Å². The number of aryl methyl sites for hydroxylation is 3. The van der Waals surface area contributed by atoms with Gasteiger partial charge in [0.15, 0.2) is 0 Å². The van der Waals surface area contributed by atoms with Gasteiger partial charge in [0.05, 0.1) is 17.3 Å². The standard InChI is InChI=1S/C27H34N6O3/c1-32-24-20(16-29-32)4-2-6-22(24)26(34)31-23(27(35)36)12-15-33-14-11-18(17-33)7-9-21-10-8-19-5-3-13-28-25(19)30-21/h2,4,6,8,10,16,18,23H,3,5,7,9,11-15,17H2,1H3,(H,28,30)(H,31,34)(H,35,36)/t18-,23+/m0/s1. The molecule has 2 atom stereocenters. The van der Waals surface area contributed by atoms with Gasteiger partial charge < -0.3 is 20.6 Å². The van der Waals surface area contributed by atoms with Crippen LogP contribution in [0.5, 0.6) is 0 Å². The van der Waals surface area contributed by atoms with Crippen LogP contribution in [0.2, 0.25) is 0 Å². The van der Waals surface area contributed by atoms with Crippen molar-refractivity contribution in [3.05, 3.63) is 53.3 Å². The van der Waals surface area contributed by atoms with E-state index in [9.17, 15) is 14.7 Å². The SMILES string of the molecule is Cn1ncc2cccc(C(=O)N[C@H](CCN3CC[C@H](CCc4ccc5c(n4)NCCC5)C3)C(=O)O)c21. The van der Waals surface area contributed by atoms with Crippen molar-refractivity contribution in [2.75, 3.05) is 31.5 Å². The summed E-state index contributed by atoms with van der Waals surface area (Å²) in [5.41, 5.74) is 3.59. The number of likely N-dealkylation sites (tertiary alicyclic amines) is 1. The van der Waals surface area contributed by atoms with Crippen molar-refractivity contribution in [1.29, 1.82) is 0 Å². The monoisotopic (exact) mass is 490 g/mol. The van der Waals surface area contributed by atoms with Gasteiger partial charge in [-0.05, 0) is 68.7 Å². The number of pyridine rings is 1. The van der Waals surface area contributed by atoms with Crippen molar-refractivity contribution in [1.82, 2.24) is 25.0 Å². The van der Waals surface area contributed by atoms with E-state index >= 15 is 0 Å². The molecular formula is C27H34N6O3. The minimum Gasteiger partial charge on any atom is -0.480 e. The molecule has 0 spiro atoms. The zero-order valence-electron chi connectivity index (χ0n) is 20.7. The first-order chi connectivity index (χ1) is 17.5. The molecule has 0 saturated carbocycles. The molecule has 36 heavy (non-hydrogen) atoms. The number of carboxylic acid groups (broad SMARTS) is 1. The van der Waals surface area contributed by atoms with Crippen molar-refractivity contribution >= 4 is 28.6 Å². The summed E-state index contributed by atoms with van der Waals surface area (Å²) >= 11 is 0. The first kappa shape index (κ1) is 24.2. The third-order valence-electron chi connectivity index (χ3n) is 7.47. The highest BCUT2D eigenvalue weighted by atomic mass is 16.4. The minimum absolute atomic E-state index is 0.368. The third kappa shape index (κ3) is 5.36. The van der Waals surface area contributed by atoms with Crippen molar-refractivity contribution in [3.8, 4) is 0 Å². The number of amides is 1. The average molecular weight is 491 g/mol. The van der Waals surface area contributed by atoms with Crippen molar-refractivity contribution < 1.29 is 14.7 Å². The summed E-state index contributed by atoms with van der Waals surface area (Å²) in [5, 5.41) is 20.9. The fourth-order valence-electron chi connectivity index (χ4n) is 5.43. The Morgan fingerprint density at radius 3 is 3.03 bits per heavy atom. The predicted octanol–water partition coefficient (Wildman–Crippen LogP) is 2.85. The van der Waals surface area contributed by atoms with E-state index in [0.717, 1.165) is 62.2 Å². The molecule has 0 aliphatic carbocycles. The lowest BCUT2D eigenvalue weighted by Crippen LogP contribution is -2.43. The number of aromatic nitrogens is 3. The van der Waals surface area contributed by atoms with Crippen LogP contribution < -0.4 is 10.6 Å². The second-order valence-electron chi connectivity index (χ2n) is 10.00. The molecular weight excluding hydrogens is 456 g/mol. The molecule has 1 amide bonds. The molecule has 0 bridgehead atoms. The Morgan fingerprint density at radius 2 is 2.17 bits per heavy atom. The van der Waals surface area contributed by atoms with Gasteiger partial charge in [0.2, 0.25) is 0 Å². The van der Waals surface area contributed by atoms with Crippen LogP contribution in [0.25, 0.3) is 10.9 Å². The molecule has 190 valence electrons. The molecule has 9 nitrogen and oxygen atoms in total. The van der Waals surface area contributed by atoms with Gasteiger partial charge in [-0.15, -0.1) is 0 Å². The molecule has 3 N–H and O–H groups in total. The number of carboxylic acids is 1. The fraction of sp³-hybridized carbons (Fsp3) is 0.481. The Kier molecular flexibility index (Phi) is 7.18. The highest BCUT2D eigenvalue weighted by Gasteiger charge is 2.27. The van der Waals surface area contributed by atoms with Gasteiger partial charge in [0.1, 0.15) is 11.9 Å². The molecule has 2 aliphatic rings. The second-order valence-corrected chi connectivity index (χ2v) is 10.00. The van der Waals surface area contributed by atoms with E-state index in [2.05, 4.69) is 32.8 Å². The predicted molar refractivity (Wildman–Crippen MR) is 138 cm³/mol. The van der Waals surface area contributed by atoms with E-state index in [0.29, 0.717) is 30.0 Å². The van der Waals surface area contributed by atoms with Gasteiger partial charge in [0, 0.05) is 37.8 Å². The molecule has 2 aromatic heterocycles. The highest BCUT2D eigenvalue weighted by Crippen LogP contribution is 2.24. The maximum absolute atomic E-state index is 12.9. The largest absolute Gasteiger partial charge is 0.480 e. The molecule has 4 heterocycles. The number of hydrogen-bond donors (Lipinski definition) is 3. The average Bonchev–Trinajstić information content (AvgIpc) is 3.51. The minimum atomic E-state index is -1.01. The van der Waals surface area contributed by atoms with Gasteiger partial charge in [-0.2, -0.15) is 5.10 Å². The number of para-hydroxylation sites is 1. The van der Waals surface area contributed by atoms with E-state index in [-0.39, 0.29) is 5.91 Å². The molecule has 5 rings (SSSR count). The van der Waals surface area contributed by atoms with Crippen LogP contribution in [0, 0.1) is 5.92 Å². The Labute approximate surface area is 210 Å². The van der Waals surface area contributed by atoms with Gasteiger partial charge in [-0.25, -0.2) is 9.78 Å². The summed E-state index contributed by atoms with van der Waals surface area (Å²) in [7, 11) is 1.77. The number of carbonyl (C=O) groups excluding carboxylic acids is 1. The summed E-state index contributed by atoms with van der Waals surface area (Å²) in [6.07, 6.45) is 7.48. The fourth-order valence-corrected chi connectivity index (χ4v) is 5.43. The number of anilines is 1. The van der Waals surface area contributed by atoms with Crippen molar-refractivity contribution in [2.24, 2.45) is 13.0 Å². The Bertz CT molecular complexity index is 1260. The van der Waals surface area contributed by atoms with Crippen LogP contribution in [0.4, 0.5) is 5.82 Å². The Balaban J connectivity index is 1.11. The van der Waals surface area contributed by atoms with E-state index in [1.165, 1.54) is 12.0 Å². The van der Waals surface area contributed by atoms with Gasteiger partial charge in [0.25, 0.3) is 5.91 Å². The lowest BCUT2D eigenvalue weighted by atomic mass is 10.00. The number of rotatable bonds is 9. The number of fused-ring (bicyclic) bond motifs is 2. The van der Waals surface area contributed by atoms with E-state index < -0.39 is 12.0 Å². The summed E-state index contributed by atoms with van der Waals surface area (Å²) in [5.74, 6) is 0.232. The Morgan fingerprint density at radius 1 is 1.28 bits per heavy atom. The van der Waals surface area contributed by atoms with Crippen molar-refractivity contribution in [2.45, 2.75) is 44.6 Å². The van der Waals surface area contributed by atoms with Gasteiger partial charge in [-0.1, -0.05) is 18.2 Å². The first-order valence-electron chi connectivity index (χ1n) is 12.9. The van der Waals surface area contributed by atoms with Gasteiger partial charge in [-0.3, -0.25) is 9.48 Å². The molecule has 1 saturated heterocycles. The smallest absolute Gasteiger partial charge is 0.326 e.